The molecule has 0 aliphatic carbocycles. The van der Waals surface area contributed by atoms with Gasteiger partial charge in [0.05, 0.1) is 5.37 Å². The molecule has 1 saturated heterocycles. The fourth-order valence-corrected chi connectivity index (χ4v) is 2.11. The van der Waals surface area contributed by atoms with Gasteiger partial charge in [-0.1, -0.05) is 0 Å². The number of carbonyl (C=O) groups excluding carboxylic acids is 1. The van der Waals surface area contributed by atoms with Gasteiger partial charge >= 0.3 is 6.03 Å². The Morgan fingerprint density at radius 1 is 1.83 bits per heavy atom. The van der Waals surface area contributed by atoms with E-state index in [2.05, 4.69) is 16.2 Å². The molecule has 0 aromatic carbocycles. The highest BCUT2D eigenvalue weighted by Crippen LogP contribution is 2.16. The lowest BCUT2D eigenvalue weighted by Crippen LogP contribution is -2.51. The topological polar surface area (TPSA) is 79.2 Å². The molecule has 1 fully saturated rings. The van der Waals surface area contributed by atoms with E-state index in [1.165, 1.54) is 0 Å². The van der Waals surface area contributed by atoms with Crippen LogP contribution in [0.2, 0.25) is 0 Å². The third-order valence-electron chi connectivity index (χ3n) is 1.62. The smallest absolute Gasteiger partial charge is 0.326 e. The van der Waals surface area contributed by atoms with E-state index in [1.807, 2.05) is 18.7 Å². The second kappa shape index (κ2) is 4.54. The maximum atomic E-state index is 10.3. The monoisotopic (exact) mass is 190 g/mol. The Labute approximate surface area is 75.8 Å². The number of nitrogens with two attached hydrogens (primary N) is 1. The van der Waals surface area contributed by atoms with Crippen LogP contribution in [0, 0.1) is 0 Å². The van der Waals surface area contributed by atoms with Gasteiger partial charge in [0.2, 0.25) is 0 Å². The number of amides is 2. The van der Waals surface area contributed by atoms with Gasteiger partial charge in [-0.25, -0.2) is 10.2 Å². The molecule has 2 unspecified atom stereocenters. The van der Waals surface area contributed by atoms with Gasteiger partial charge in [-0.15, -0.1) is 11.8 Å². The molecule has 5 N–H and O–H groups in total. The molecule has 0 aromatic rings. The summed E-state index contributed by atoms with van der Waals surface area (Å²) in [7, 11) is 0. The first-order chi connectivity index (χ1) is 5.70. The van der Waals surface area contributed by atoms with Crippen molar-refractivity contribution >= 4 is 17.8 Å². The predicted octanol–water partition coefficient (Wildman–Crippen LogP) is -0.790. The summed E-state index contributed by atoms with van der Waals surface area (Å²) in [5, 5.41) is 3.65. The van der Waals surface area contributed by atoms with Gasteiger partial charge in [0.1, 0.15) is 0 Å². The molecule has 0 spiro atoms. The van der Waals surface area contributed by atoms with Crippen LogP contribution in [0.5, 0.6) is 0 Å². The van der Waals surface area contributed by atoms with Crippen LogP contribution in [0.25, 0.3) is 0 Å². The normalized spacial score (nSPS) is 25.2. The minimum atomic E-state index is -0.551. The van der Waals surface area contributed by atoms with E-state index in [4.69, 9.17) is 5.73 Å². The fourth-order valence-electron chi connectivity index (χ4n) is 1.03. The number of thioether (sulfide) groups is 1. The molecular weight excluding hydrogens is 176 g/mol. The van der Waals surface area contributed by atoms with Crippen LogP contribution >= 0.6 is 11.8 Å². The van der Waals surface area contributed by atoms with Crippen LogP contribution in [0.15, 0.2) is 0 Å². The van der Waals surface area contributed by atoms with E-state index in [9.17, 15) is 4.79 Å². The Morgan fingerprint density at radius 2 is 2.58 bits per heavy atom. The van der Waals surface area contributed by atoms with E-state index in [0.29, 0.717) is 5.37 Å². The quantitative estimate of drug-likeness (QED) is 0.440. The molecule has 12 heavy (non-hydrogen) atoms. The van der Waals surface area contributed by atoms with Crippen molar-refractivity contribution in [2.45, 2.75) is 18.3 Å². The molecule has 1 aliphatic heterocycles. The molecule has 0 aromatic heterocycles. The summed E-state index contributed by atoms with van der Waals surface area (Å²) in [6.07, 6.45) is 0. The van der Waals surface area contributed by atoms with Crippen LogP contribution in [0.1, 0.15) is 6.92 Å². The van der Waals surface area contributed by atoms with Gasteiger partial charge in [0.25, 0.3) is 0 Å². The first-order valence-corrected chi connectivity index (χ1v) is 4.91. The minimum absolute atomic E-state index is 0.185. The molecule has 5 nitrogen and oxygen atoms in total. The second-order valence-corrected chi connectivity index (χ2v) is 3.92. The number of hydrogen-bond acceptors (Lipinski definition) is 4. The number of primary amides is 1. The van der Waals surface area contributed by atoms with E-state index in [1.54, 1.807) is 0 Å². The van der Waals surface area contributed by atoms with E-state index >= 15 is 0 Å². The van der Waals surface area contributed by atoms with Crippen molar-refractivity contribution in [2.24, 2.45) is 5.73 Å². The summed E-state index contributed by atoms with van der Waals surface area (Å²) in [4.78, 5) is 10.3. The van der Waals surface area contributed by atoms with Crippen molar-refractivity contribution in [3.63, 3.8) is 0 Å². The number of rotatable bonds is 3. The first-order valence-electron chi connectivity index (χ1n) is 3.86. The Balaban J connectivity index is 2.17. The summed E-state index contributed by atoms with van der Waals surface area (Å²) < 4.78 is 0. The lowest BCUT2D eigenvalue weighted by atomic mass is 10.3. The van der Waals surface area contributed by atoms with E-state index in [-0.39, 0.29) is 6.04 Å². The third kappa shape index (κ3) is 2.88. The SMILES string of the molecule is CC(NNC(N)=O)C1NCCS1. The Kier molecular flexibility index (Phi) is 3.64. The molecule has 1 heterocycles. The molecule has 0 radical (unpaired) electrons. The molecule has 2 atom stereocenters. The molecule has 70 valence electrons. The van der Waals surface area contributed by atoms with Gasteiger partial charge < -0.3 is 11.1 Å². The van der Waals surface area contributed by atoms with Gasteiger partial charge in [0, 0.05) is 18.3 Å². The summed E-state index contributed by atoms with van der Waals surface area (Å²) in [5.41, 5.74) is 10.1. The van der Waals surface area contributed by atoms with Crippen molar-refractivity contribution in [1.82, 2.24) is 16.2 Å². The number of hydrogen-bond donors (Lipinski definition) is 4. The average molecular weight is 190 g/mol. The van der Waals surface area contributed by atoms with Crippen LogP contribution in [0.3, 0.4) is 0 Å². The van der Waals surface area contributed by atoms with Crippen molar-refractivity contribution in [1.29, 1.82) is 0 Å². The van der Waals surface area contributed by atoms with Crippen LogP contribution in [0.4, 0.5) is 4.79 Å². The summed E-state index contributed by atoms with van der Waals surface area (Å²) in [5.74, 6) is 1.12. The molecule has 1 rings (SSSR count). The molecule has 2 amide bonds. The average Bonchev–Trinajstić information content (AvgIpc) is 2.51. The molecular formula is C6H14N4OS. The van der Waals surface area contributed by atoms with Crippen LogP contribution in [-0.2, 0) is 0 Å². The maximum Gasteiger partial charge on any atom is 0.326 e. The van der Waals surface area contributed by atoms with Gasteiger partial charge in [-0.2, -0.15) is 0 Å². The predicted molar refractivity (Wildman–Crippen MR) is 49.6 cm³/mol. The maximum absolute atomic E-state index is 10.3. The standard InChI is InChI=1S/C6H14N4OS/c1-4(9-10-6(7)11)5-8-2-3-12-5/h4-5,8-9H,2-3H2,1H3,(H3,7,10,11). The Bertz CT molecular complexity index is 160. The van der Waals surface area contributed by atoms with E-state index < -0.39 is 6.03 Å². The molecule has 0 saturated carbocycles. The minimum Gasteiger partial charge on any atom is -0.351 e. The first kappa shape index (κ1) is 9.63. The fraction of sp³-hybridized carbons (Fsp3) is 0.833. The molecule has 1 aliphatic rings. The lowest BCUT2D eigenvalue weighted by Gasteiger charge is -2.19. The largest absolute Gasteiger partial charge is 0.351 e. The number of nitrogens with one attached hydrogen (secondary N) is 3. The zero-order valence-electron chi connectivity index (χ0n) is 6.96. The highest BCUT2D eigenvalue weighted by molar-refractivity contribution is 8.00. The zero-order valence-corrected chi connectivity index (χ0v) is 7.78. The summed E-state index contributed by atoms with van der Waals surface area (Å²) >= 11 is 1.84. The van der Waals surface area contributed by atoms with Crippen LogP contribution < -0.4 is 21.9 Å². The van der Waals surface area contributed by atoms with Crippen molar-refractivity contribution < 1.29 is 4.79 Å². The van der Waals surface area contributed by atoms with Crippen molar-refractivity contribution in [2.75, 3.05) is 12.3 Å². The van der Waals surface area contributed by atoms with Gasteiger partial charge in [0.15, 0.2) is 0 Å². The van der Waals surface area contributed by atoms with Gasteiger partial charge in [-0.3, -0.25) is 5.43 Å². The Hall–Kier alpha value is -0.460. The number of hydrazine groups is 1. The van der Waals surface area contributed by atoms with Crippen molar-refractivity contribution in [3.8, 4) is 0 Å². The summed E-state index contributed by atoms with van der Waals surface area (Å²) in [6, 6.07) is -0.366. The zero-order chi connectivity index (χ0) is 8.97. The van der Waals surface area contributed by atoms with Crippen LogP contribution in [-0.4, -0.2) is 29.7 Å². The van der Waals surface area contributed by atoms with Crippen molar-refractivity contribution in [3.05, 3.63) is 0 Å². The lowest BCUT2D eigenvalue weighted by molar-refractivity contribution is 0.242. The number of carbonyl (C=O) groups is 1. The van der Waals surface area contributed by atoms with E-state index in [0.717, 1.165) is 12.3 Å². The van der Waals surface area contributed by atoms with Gasteiger partial charge in [-0.05, 0) is 6.92 Å². The molecule has 6 heteroatoms. The highest BCUT2D eigenvalue weighted by atomic mass is 32.2. The second-order valence-electron chi connectivity index (χ2n) is 2.67. The summed E-state index contributed by atoms with van der Waals surface area (Å²) in [6.45, 7) is 3.02. The third-order valence-corrected chi connectivity index (χ3v) is 3.00. The molecule has 0 bridgehead atoms. The number of urea groups is 1. The highest BCUT2D eigenvalue weighted by Gasteiger charge is 2.20. The Morgan fingerprint density at radius 3 is 3.08 bits per heavy atom.